The van der Waals surface area contributed by atoms with Crippen LogP contribution in [0.1, 0.15) is 29.7 Å². The number of nitrogens with two attached hydrogens (primary N) is 1. The van der Waals surface area contributed by atoms with Gasteiger partial charge < -0.3 is 10.5 Å². The van der Waals surface area contributed by atoms with E-state index in [9.17, 15) is 5.26 Å². The number of benzene rings is 2. The number of hydrogen-bond acceptors (Lipinski definition) is 6. The van der Waals surface area contributed by atoms with Gasteiger partial charge in [-0.3, -0.25) is 0 Å². The van der Waals surface area contributed by atoms with Gasteiger partial charge in [0.2, 0.25) is 0 Å². The molecule has 158 valence electrons. The van der Waals surface area contributed by atoms with Gasteiger partial charge in [0.25, 0.3) is 0 Å². The SMILES string of the molecule is COc1ccc(-c2c(C#N)c(Sc3ccccc3)nc3nc4c(c(N)c23)CCCC4)cc1. The zero-order valence-corrected chi connectivity index (χ0v) is 18.6. The lowest BCUT2D eigenvalue weighted by atomic mass is 9.90. The standard InChI is InChI=1S/C26H22N4OS/c1-31-17-13-11-16(12-14-17)22-20(15-27)26(32-18-7-3-2-4-8-18)30-25-23(22)24(28)19-9-5-6-10-21(19)29-25/h2-4,7-8,11-14H,5-6,9-10H2,1H3,(H2,28,29,30). The highest BCUT2D eigenvalue weighted by Gasteiger charge is 2.24. The van der Waals surface area contributed by atoms with E-state index in [0.29, 0.717) is 21.9 Å². The molecule has 2 aromatic carbocycles. The van der Waals surface area contributed by atoms with Gasteiger partial charge >= 0.3 is 0 Å². The van der Waals surface area contributed by atoms with E-state index in [-0.39, 0.29) is 0 Å². The Labute approximate surface area is 191 Å². The Morgan fingerprint density at radius 2 is 1.75 bits per heavy atom. The minimum Gasteiger partial charge on any atom is -0.497 e. The van der Waals surface area contributed by atoms with Gasteiger partial charge in [-0.2, -0.15) is 5.26 Å². The lowest BCUT2D eigenvalue weighted by molar-refractivity contribution is 0.415. The molecular formula is C26H22N4OS. The first kappa shape index (κ1) is 20.3. The molecule has 0 spiro atoms. The fourth-order valence-electron chi connectivity index (χ4n) is 4.29. The van der Waals surface area contributed by atoms with Gasteiger partial charge in [0, 0.05) is 21.8 Å². The zero-order valence-electron chi connectivity index (χ0n) is 17.8. The third kappa shape index (κ3) is 3.55. The molecular weight excluding hydrogens is 416 g/mol. The number of nitrogens with zero attached hydrogens (tertiary/aromatic N) is 3. The van der Waals surface area contributed by atoms with Crippen molar-refractivity contribution < 1.29 is 4.74 Å². The molecule has 0 unspecified atom stereocenters. The molecule has 4 aromatic rings. The lowest BCUT2D eigenvalue weighted by Crippen LogP contribution is -2.11. The van der Waals surface area contributed by atoms with E-state index in [1.54, 1.807) is 7.11 Å². The summed E-state index contributed by atoms with van der Waals surface area (Å²) in [4.78, 5) is 10.8. The first-order valence-corrected chi connectivity index (χ1v) is 11.4. The van der Waals surface area contributed by atoms with Crippen LogP contribution in [0.2, 0.25) is 0 Å². The Kier molecular flexibility index (Phi) is 5.42. The van der Waals surface area contributed by atoms with Crippen molar-refractivity contribution in [3.8, 4) is 22.9 Å². The summed E-state index contributed by atoms with van der Waals surface area (Å²) in [6.07, 6.45) is 4.03. The number of hydrogen-bond donors (Lipinski definition) is 1. The summed E-state index contributed by atoms with van der Waals surface area (Å²) in [5.41, 5.74) is 12.4. The van der Waals surface area contributed by atoms with Crippen molar-refractivity contribution in [3.05, 3.63) is 71.4 Å². The summed E-state index contributed by atoms with van der Waals surface area (Å²) in [7, 11) is 1.64. The number of nitriles is 1. The predicted octanol–water partition coefficient (Wildman–Crippen LogP) is 5.79. The monoisotopic (exact) mass is 438 g/mol. The molecule has 5 nitrogen and oxygen atoms in total. The van der Waals surface area contributed by atoms with Crippen LogP contribution in [-0.2, 0) is 12.8 Å². The fourth-order valence-corrected chi connectivity index (χ4v) is 5.19. The van der Waals surface area contributed by atoms with Gasteiger partial charge in [-0.1, -0.05) is 42.1 Å². The smallest absolute Gasteiger partial charge is 0.163 e. The highest BCUT2D eigenvalue weighted by molar-refractivity contribution is 7.99. The number of ether oxygens (including phenoxy) is 1. The summed E-state index contributed by atoms with van der Waals surface area (Å²) >= 11 is 1.47. The summed E-state index contributed by atoms with van der Waals surface area (Å²) in [6.45, 7) is 0. The van der Waals surface area contributed by atoms with Gasteiger partial charge in [-0.25, -0.2) is 9.97 Å². The van der Waals surface area contributed by atoms with Crippen molar-refractivity contribution in [1.82, 2.24) is 9.97 Å². The molecule has 1 aliphatic carbocycles. The molecule has 0 amide bonds. The molecule has 2 aromatic heterocycles. The number of pyridine rings is 2. The lowest BCUT2D eigenvalue weighted by Gasteiger charge is -2.21. The van der Waals surface area contributed by atoms with Crippen LogP contribution < -0.4 is 10.5 Å². The molecule has 0 saturated carbocycles. The van der Waals surface area contributed by atoms with Gasteiger partial charge in [-0.05, 0) is 61.1 Å². The Hall–Kier alpha value is -3.56. The molecule has 0 aliphatic heterocycles. The molecule has 0 radical (unpaired) electrons. The number of aryl methyl sites for hydroxylation is 1. The van der Waals surface area contributed by atoms with E-state index in [1.807, 2.05) is 54.6 Å². The molecule has 32 heavy (non-hydrogen) atoms. The van der Waals surface area contributed by atoms with Crippen LogP contribution in [0.4, 0.5) is 5.69 Å². The van der Waals surface area contributed by atoms with E-state index < -0.39 is 0 Å². The van der Waals surface area contributed by atoms with Gasteiger partial charge in [0.1, 0.15) is 16.8 Å². The second-order valence-electron chi connectivity index (χ2n) is 7.78. The Bertz CT molecular complexity index is 1350. The predicted molar refractivity (Wildman–Crippen MR) is 128 cm³/mol. The van der Waals surface area contributed by atoms with Crippen molar-refractivity contribution in [2.75, 3.05) is 12.8 Å². The highest BCUT2D eigenvalue weighted by Crippen LogP contribution is 2.42. The zero-order chi connectivity index (χ0) is 22.1. The maximum absolute atomic E-state index is 10.2. The van der Waals surface area contributed by atoms with E-state index in [4.69, 9.17) is 20.4 Å². The molecule has 0 fully saturated rings. The van der Waals surface area contributed by atoms with Crippen LogP contribution in [0.5, 0.6) is 5.75 Å². The maximum atomic E-state index is 10.2. The molecule has 2 N–H and O–H groups in total. The minimum atomic E-state index is 0.515. The van der Waals surface area contributed by atoms with Crippen molar-refractivity contribution in [2.24, 2.45) is 0 Å². The van der Waals surface area contributed by atoms with E-state index in [0.717, 1.165) is 64.1 Å². The number of fused-ring (bicyclic) bond motifs is 2. The van der Waals surface area contributed by atoms with Crippen molar-refractivity contribution >= 4 is 28.5 Å². The molecule has 1 aliphatic rings. The number of anilines is 1. The molecule has 0 bridgehead atoms. The van der Waals surface area contributed by atoms with E-state index in [2.05, 4.69) is 6.07 Å². The average molecular weight is 439 g/mol. The molecule has 2 heterocycles. The third-order valence-corrected chi connectivity index (χ3v) is 6.86. The first-order chi connectivity index (χ1) is 15.7. The summed E-state index contributed by atoms with van der Waals surface area (Å²) in [5.74, 6) is 0.757. The number of aromatic nitrogens is 2. The van der Waals surface area contributed by atoms with Crippen LogP contribution in [0.15, 0.2) is 64.5 Å². The second-order valence-corrected chi connectivity index (χ2v) is 8.84. The van der Waals surface area contributed by atoms with Crippen molar-refractivity contribution in [1.29, 1.82) is 5.26 Å². The largest absolute Gasteiger partial charge is 0.497 e. The molecule has 5 rings (SSSR count). The first-order valence-electron chi connectivity index (χ1n) is 10.6. The summed E-state index contributed by atoms with van der Waals surface area (Å²) < 4.78 is 5.33. The van der Waals surface area contributed by atoms with Crippen LogP contribution >= 0.6 is 11.8 Å². The normalized spacial score (nSPS) is 12.9. The van der Waals surface area contributed by atoms with E-state index >= 15 is 0 Å². The maximum Gasteiger partial charge on any atom is 0.163 e. The minimum absolute atomic E-state index is 0.515. The van der Waals surface area contributed by atoms with Crippen LogP contribution in [-0.4, -0.2) is 17.1 Å². The number of nitrogen functional groups attached to an aromatic ring is 1. The third-order valence-electron chi connectivity index (χ3n) is 5.87. The summed E-state index contributed by atoms with van der Waals surface area (Å²) in [6, 6.07) is 20.1. The average Bonchev–Trinajstić information content (AvgIpc) is 2.84. The Balaban J connectivity index is 1.82. The van der Waals surface area contributed by atoms with Crippen LogP contribution in [0.3, 0.4) is 0 Å². The second kappa shape index (κ2) is 8.52. The topological polar surface area (TPSA) is 84.8 Å². The fraction of sp³-hybridized carbons (Fsp3) is 0.192. The van der Waals surface area contributed by atoms with E-state index in [1.165, 1.54) is 11.8 Å². The molecule has 0 atom stereocenters. The van der Waals surface area contributed by atoms with Gasteiger partial charge in [-0.15, -0.1) is 0 Å². The Morgan fingerprint density at radius 3 is 2.47 bits per heavy atom. The Morgan fingerprint density at radius 1 is 1.00 bits per heavy atom. The number of rotatable bonds is 4. The van der Waals surface area contributed by atoms with Gasteiger partial charge in [0.05, 0.1) is 18.1 Å². The van der Waals surface area contributed by atoms with Crippen LogP contribution in [0, 0.1) is 11.3 Å². The summed E-state index contributed by atoms with van der Waals surface area (Å²) in [5, 5.41) is 11.6. The highest BCUT2D eigenvalue weighted by atomic mass is 32.2. The number of methoxy groups -OCH3 is 1. The molecule has 6 heteroatoms. The molecule has 0 saturated heterocycles. The van der Waals surface area contributed by atoms with Crippen molar-refractivity contribution in [3.63, 3.8) is 0 Å². The quantitative estimate of drug-likeness (QED) is 0.434. The van der Waals surface area contributed by atoms with Crippen molar-refractivity contribution in [2.45, 2.75) is 35.6 Å². The van der Waals surface area contributed by atoms with Gasteiger partial charge in [0.15, 0.2) is 5.65 Å². The van der Waals surface area contributed by atoms with Crippen LogP contribution in [0.25, 0.3) is 22.2 Å².